The average molecular weight is 607 g/mol. The Bertz CT molecular complexity index is 1870. The molecule has 0 bridgehead atoms. The minimum Gasteiger partial charge on any atom is -0.494 e. The van der Waals surface area contributed by atoms with Crippen LogP contribution < -0.4 is 9.64 Å². The molecule has 4 heterocycles. The Morgan fingerprint density at radius 2 is 1.80 bits per heavy atom. The van der Waals surface area contributed by atoms with Crippen molar-refractivity contribution in [1.82, 2.24) is 24.6 Å². The highest BCUT2D eigenvalue weighted by atomic mass is 19.1. The summed E-state index contributed by atoms with van der Waals surface area (Å²) in [5.41, 5.74) is 4.73. The Morgan fingerprint density at radius 1 is 0.978 bits per heavy atom. The summed E-state index contributed by atoms with van der Waals surface area (Å²) in [5.74, 6) is -0.792. The number of hydrogen-bond acceptors (Lipinski definition) is 8. The van der Waals surface area contributed by atoms with Crippen LogP contribution in [0.3, 0.4) is 0 Å². The number of amides is 2. The summed E-state index contributed by atoms with van der Waals surface area (Å²) in [6.07, 6.45) is 8.37. The van der Waals surface area contributed by atoms with Crippen LogP contribution >= 0.6 is 0 Å². The Balaban J connectivity index is 1.22. The Hall–Kier alpha value is -5.16. The first-order valence-corrected chi connectivity index (χ1v) is 15.1. The molecule has 1 fully saturated rings. The maximum atomic E-state index is 14.8. The van der Waals surface area contributed by atoms with Crippen molar-refractivity contribution in [3.05, 3.63) is 96.2 Å². The summed E-state index contributed by atoms with van der Waals surface area (Å²) in [4.78, 5) is 38.8. The first kappa shape index (κ1) is 28.6. The van der Waals surface area contributed by atoms with Gasteiger partial charge in [-0.05, 0) is 62.6 Å². The molecule has 11 heteroatoms. The van der Waals surface area contributed by atoms with E-state index in [-0.39, 0.29) is 31.1 Å². The fraction of sp³-hybridized carbons (Fsp3) is 0.265. The van der Waals surface area contributed by atoms with Gasteiger partial charge in [-0.1, -0.05) is 12.1 Å². The number of fused-ring (bicyclic) bond motifs is 2. The molecule has 2 aromatic heterocycles. The maximum Gasteiger partial charge on any atom is 0.261 e. The highest BCUT2D eigenvalue weighted by Crippen LogP contribution is 2.33. The van der Waals surface area contributed by atoms with Gasteiger partial charge in [0.05, 0.1) is 46.9 Å². The summed E-state index contributed by atoms with van der Waals surface area (Å²) >= 11 is 0. The first-order valence-electron chi connectivity index (χ1n) is 15.1. The zero-order chi connectivity index (χ0) is 30.9. The number of aromatic nitrogens is 4. The summed E-state index contributed by atoms with van der Waals surface area (Å²) in [7, 11) is 0. The molecule has 0 saturated carbocycles. The molecule has 2 aliphatic rings. The number of rotatable bonds is 9. The molecule has 228 valence electrons. The third kappa shape index (κ3) is 5.62. The lowest BCUT2D eigenvalue weighted by molar-refractivity contribution is -0.0394. The predicted octanol–water partition coefficient (Wildman–Crippen LogP) is 6.16. The maximum absolute atomic E-state index is 14.8. The highest BCUT2D eigenvalue weighted by molar-refractivity contribution is 6.21. The summed E-state index contributed by atoms with van der Waals surface area (Å²) in [6.45, 7) is 3.21. The van der Waals surface area contributed by atoms with E-state index in [1.165, 1.54) is 17.0 Å². The third-order valence-corrected chi connectivity index (χ3v) is 8.09. The fourth-order valence-corrected chi connectivity index (χ4v) is 5.87. The van der Waals surface area contributed by atoms with Crippen LogP contribution in [0.5, 0.6) is 5.75 Å². The average Bonchev–Trinajstić information content (AvgIpc) is 3.65. The molecule has 7 rings (SSSR count). The Morgan fingerprint density at radius 3 is 2.56 bits per heavy atom. The van der Waals surface area contributed by atoms with Crippen LogP contribution in [0.4, 0.5) is 15.8 Å². The molecule has 5 aromatic rings. The van der Waals surface area contributed by atoms with Gasteiger partial charge in [0, 0.05) is 55.0 Å². The van der Waals surface area contributed by atoms with Crippen LogP contribution in [0.2, 0.25) is 0 Å². The van der Waals surface area contributed by atoms with Gasteiger partial charge in [-0.15, -0.1) is 0 Å². The Labute approximate surface area is 259 Å². The molecule has 2 aliphatic heterocycles. The molecule has 45 heavy (non-hydrogen) atoms. The van der Waals surface area contributed by atoms with Crippen LogP contribution in [0.25, 0.3) is 22.3 Å². The van der Waals surface area contributed by atoms with Crippen molar-refractivity contribution in [3.63, 3.8) is 0 Å². The van der Waals surface area contributed by atoms with E-state index in [9.17, 15) is 14.0 Å². The molecule has 1 unspecified atom stereocenters. The van der Waals surface area contributed by atoms with E-state index in [0.29, 0.717) is 51.6 Å². The number of carbonyl (C=O) groups excluding carboxylic acids is 2. The molecule has 0 aliphatic carbocycles. The van der Waals surface area contributed by atoms with Gasteiger partial charge in [0.1, 0.15) is 17.8 Å². The van der Waals surface area contributed by atoms with Gasteiger partial charge >= 0.3 is 0 Å². The zero-order valence-electron chi connectivity index (χ0n) is 24.7. The zero-order valence-corrected chi connectivity index (χ0v) is 24.7. The van der Waals surface area contributed by atoms with Gasteiger partial charge in [0.25, 0.3) is 11.8 Å². The van der Waals surface area contributed by atoms with Crippen molar-refractivity contribution in [1.29, 1.82) is 0 Å². The molecule has 10 nitrogen and oxygen atoms in total. The van der Waals surface area contributed by atoms with E-state index in [0.717, 1.165) is 31.4 Å². The number of ether oxygens (including phenoxy) is 2. The van der Waals surface area contributed by atoms with Gasteiger partial charge in [-0.2, -0.15) is 5.10 Å². The van der Waals surface area contributed by atoms with Crippen LogP contribution in [0.15, 0.2) is 79.3 Å². The molecule has 0 spiro atoms. The quantitative estimate of drug-likeness (QED) is 0.184. The summed E-state index contributed by atoms with van der Waals surface area (Å²) < 4.78 is 28.2. The van der Waals surface area contributed by atoms with Crippen LogP contribution in [-0.4, -0.2) is 62.8 Å². The van der Waals surface area contributed by atoms with Gasteiger partial charge < -0.3 is 14.4 Å². The molecule has 1 atom stereocenters. The summed E-state index contributed by atoms with van der Waals surface area (Å²) in [5, 5.41) is 4.51. The summed E-state index contributed by atoms with van der Waals surface area (Å²) in [6, 6.07) is 16.8. The van der Waals surface area contributed by atoms with Crippen molar-refractivity contribution in [2.24, 2.45) is 0 Å². The number of nitrogens with zero attached hydrogens (tertiary/aromatic N) is 6. The third-order valence-electron chi connectivity index (χ3n) is 8.09. The molecule has 3 aromatic carbocycles. The monoisotopic (exact) mass is 606 g/mol. The standard InChI is InChI=1S/C34H31FN6O4/c1-2-44-26-16-23(35)15-25(17-26)39(12-13-40-33(42)27-7-3-4-8-28(27)34(40)43)24-10-11-29-30(18-24)38-31(20-36-29)22-19-37-41(21-22)32-9-5-6-14-45-32/h3-4,7-8,10-11,15-21,32H,2,5-6,9,12-14H2,1H3. The molecular formula is C34H31FN6O4. The van der Waals surface area contributed by atoms with Crippen LogP contribution in [0, 0.1) is 5.82 Å². The number of carbonyl (C=O) groups is 2. The van der Waals surface area contributed by atoms with Crippen LogP contribution in [0.1, 0.15) is 53.1 Å². The number of imide groups is 1. The van der Waals surface area contributed by atoms with Crippen molar-refractivity contribution in [3.8, 4) is 17.0 Å². The lowest BCUT2D eigenvalue weighted by Crippen LogP contribution is -2.37. The molecule has 0 radical (unpaired) electrons. The van der Waals surface area contributed by atoms with Gasteiger partial charge in [-0.3, -0.25) is 19.5 Å². The number of anilines is 2. The van der Waals surface area contributed by atoms with E-state index < -0.39 is 5.82 Å². The topological polar surface area (TPSA) is 103 Å². The van der Waals surface area contributed by atoms with E-state index >= 15 is 0 Å². The van der Waals surface area contributed by atoms with Crippen molar-refractivity contribution in [2.75, 3.05) is 31.2 Å². The highest BCUT2D eigenvalue weighted by Gasteiger charge is 2.35. The smallest absolute Gasteiger partial charge is 0.261 e. The predicted molar refractivity (Wildman–Crippen MR) is 166 cm³/mol. The van der Waals surface area contributed by atoms with Gasteiger partial charge in [-0.25, -0.2) is 14.1 Å². The van der Waals surface area contributed by atoms with E-state index in [1.807, 2.05) is 40.9 Å². The van der Waals surface area contributed by atoms with Crippen molar-refractivity contribution < 1.29 is 23.5 Å². The van der Waals surface area contributed by atoms with Gasteiger partial charge in [0.15, 0.2) is 0 Å². The second kappa shape index (κ2) is 12.1. The number of benzene rings is 3. The Kier molecular flexibility index (Phi) is 7.68. The second-order valence-electron chi connectivity index (χ2n) is 11.0. The van der Waals surface area contributed by atoms with Crippen molar-refractivity contribution >= 4 is 34.2 Å². The molecular weight excluding hydrogens is 575 g/mol. The molecule has 0 N–H and O–H groups in total. The fourth-order valence-electron chi connectivity index (χ4n) is 5.87. The van der Waals surface area contributed by atoms with E-state index in [2.05, 4.69) is 10.1 Å². The first-order chi connectivity index (χ1) is 22.0. The van der Waals surface area contributed by atoms with Gasteiger partial charge in [0.2, 0.25) is 0 Å². The van der Waals surface area contributed by atoms with E-state index in [1.54, 1.807) is 42.7 Å². The minimum atomic E-state index is -0.469. The van der Waals surface area contributed by atoms with E-state index in [4.69, 9.17) is 14.5 Å². The lowest BCUT2D eigenvalue weighted by atomic mass is 10.1. The van der Waals surface area contributed by atoms with Crippen LogP contribution in [-0.2, 0) is 4.74 Å². The molecule has 2 amide bonds. The van der Waals surface area contributed by atoms with Crippen molar-refractivity contribution in [2.45, 2.75) is 32.4 Å². The largest absolute Gasteiger partial charge is 0.494 e. The second-order valence-corrected chi connectivity index (χ2v) is 11.0. The number of hydrogen-bond donors (Lipinski definition) is 0. The SMILES string of the molecule is CCOc1cc(F)cc(N(CCN2C(=O)c3ccccc3C2=O)c2ccc3ncc(-c4cnn(C5CCCCO5)c4)nc3c2)c1. The number of halogens is 1. The lowest BCUT2D eigenvalue weighted by Gasteiger charge is -2.27. The molecule has 1 saturated heterocycles. The normalized spacial score (nSPS) is 16.3. The minimum absolute atomic E-state index is 0.0823.